The van der Waals surface area contributed by atoms with Crippen LogP contribution in [0.5, 0.6) is 11.5 Å². The third-order valence-electron chi connectivity index (χ3n) is 5.28. The van der Waals surface area contributed by atoms with E-state index >= 15 is 0 Å². The standard InChI is InChI=1S/C24H27NO6/c1-15(26)18-11-12-21(22(13-18)29-3)30-14-23(27)31-16(2)24(28)25-20-10-6-8-17-7-4-5-9-19(17)20/h4-5,7,9,11-13,16,20H,6,8,10,14H2,1-3H3,(H,25,28)/t16-,20+/m1/s1. The highest BCUT2D eigenvalue weighted by Crippen LogP contribution is 2.30. The van der Waals surface area contributed by atoms with Crippen molar-refractivity contribution in [3.05, 3.63) is 59.2 Å². The number of methoxy groups -OCH3 is 1. The molecular weight excluding hydrogens is 398 g/mol. The Balaban J connectivity index is 1.53. The summed E-state index contributed by atoms with van der Waals surface area (Å²) >= 11 is 0. The van der Waals surface area contributed by atoms with Gasteiger partial charge in [0.05, 0.1) is 13.2 Å². The molecule has 7 nitrogen and oxygen atoms in total. The van der Waals surface area contributed by atoms with E-state index in [0.717, 1.165) is 24.8 Å². The zero-order chi connectivity index (χ0) is 22.4. The van der Waals surface area contributed by atoms with Crippen molar-refractivity contribution in [2.24, 2.45) is 0 Å². The number of carbonyl (C=O) groups is 3. The minimum Gasteiger partial charge on any atom is -0.493 e. The number of fused-ring (bicyclic) bond motifs is 1. The van der Waals surface area contributed by atoms with Crippen LogP contribution in [0.2, 0.25) is 0 Å². The van der Waals surface area contributed by atoms with E-state index in [0.29, 0.717) is 17.1 Å². The number of benzene rings is 2. The van der Waals surface area contributed by atoms with Gasteiger partial charge in [-0.2, -0.15) is 0 Å². The number of carbonyl (C=O) groups excluding carboxylic acids is 3. The first kappa shape index (κ1) is 22.3. The molecule has 7 heteroatoms. The number of nitrogens with one attached hydrogen (secondary N) is 1. The van der Waals surface area contributed by atoms with Crippen molar-refractivity contribution in [3.8, 4) is 11.5 Å². The number of esters is 1. The first-order valence-electron chi connectivity index (χ1n) is 10.3. The average molecular weight is 425 g/mol. The molecule has 3 rings (SSSR count). The Kier molecular flexibility index (Phi) is 7.28. The normalized spacial score (nSPS) is 15.9. The molecule has 0 spiro atoms. The molecule has 1 aliphatic rings. The lowest BCUT2D eigenvalue weighted by Gasteiger charge is -2.27. The molecule has 0 heterocycles. The number of ether oxygens (including phenoxy) is 3. The first-order chi connectivity index (χ1) is 14.9. The fraction of sp³-hybridized carbons (Fsp3) is 0.375. The van der Waals surface area contributed by atoms with Crippen LogP contribution in [0.15, 0.2) is 42.5 Å². The summed E-state index contributed by atoms with van der Waals surface area (Å²) in [6, 6.07) is 12.7. The van der Waals surface area contributed by atoms with Gasteiger partial charge in [-0.3, -0.25) is 9.59 Å². The van der Waals surface area contributed by atoms with Gasteiger partial charge in [-0.15, -0.1) is 0 Å². The number of rotatable bonds is 8. The number of amides is 1. The third-order valence-corrected chi connectivity index (χ3v) is 5.28. The topological polar surface area (TPSA) is 90.9 Å². The lowest BCUT2D eigenvalue weighted by molar-refractivity contribution is -0.156. The Bertz CT molecular complexity index is 970. The quantitative estimate of drug-likeness (QED) is 0.515. The highest BCUT2D eigenvalue weighted by molar-refractivity contribution is 5.94. The van der Waals surface area contributed by atoms with Crippen LogP contribution in [-0.2, 0) is 20.7 Å². The molecular formula is C24H27NO6. The van der Waals surface area contributed by atoms with E-state index < -0.39 is 12.1 Å². The van der Waals surface area contributed by atoms with Gasteiger partial charge in [-0.1, -0.05) is 24.3 Å². The lowest BCUT2D eigenvalue weighted by Crippen LogP contribution is -2.39. The maximum Gasteiger partial charge on any atom is 0.344 e. The van der Waals surface area contributed by atoms with Crippen molar-refractivity contribution in [1.82, 2.24) is 5.32 Å². The molecule has 0 bridgehead atoms. The molecule has 1 N–H and O–H groups in total. The van der Waals surface area contributed by atoms with Gasteiger partial charge < -0.3 is 19.5 Å². The van der Waals surface area contributed by atoms with Crippen LogP contribution < -0.4 is 14.8 Å². The Labute approximate surface area is 181 Å². The third kappa shape index (κ3) is 5.63. The van der Waals surface area contributed by atoms with Crippen molar-refractivity contribution in [3.63, 3.8) is 0 Å². The predicted octanol–water partition coefficient (Wildman–Crippen LogP) is 3.40. The van der Waals surface area contributed by atoms with Crippen LogP contribution in [0, 0.1) is 0 Å². The molecule has 0 radical (unpaired) electrons. The predicted molar refractivity (Wildman–Crippen MR) is 114 cm³/mol. The second-order valence-electron chi connectivity index (χ2n) is 7.49. The van der Waals surface area contributed by atoms with E-state index in [4.69, 9.17) is 14.2 Å². The monoisotopic (exact) mass is 425 g/mol. The molecule has 1 aliphatic carbocycles. The number of hydrogen-bond acceptors (Lipinski definition) is 6. The molecule has 0 fully saturated rings. The van der Waals surface area contributed by atoms with E-state index in [1.807, 2.05) is 18.2 Å². The van der Waals surface area contributed by atoms with Gasteiger partial charge in [-0.25, -0.2) is 4.79 Å². The molecule has 0 saturated heterocycles. The highest BCUT2D eigenvalue weighted by Gasteiger charge is 2.25. The first-order valence-corrected chi connectivity index (χ1v) is 10.3. The number of hydrogen-bond donors (Lipinski definition) is 1. The minimum absolute atomic E-state index is 0.0843. The lowest BCUT2D eigenvalue weighted by atomic mass is 9.87. The molecule has 31 heavy (non-hydrogen) atoms. The summed E-state index contributed by atoms with van der Waals surface area (Å²) in [5, 5.41) is 2.98. The van der Waals surface area contributed by atoms with Crippen molar-refractivity contribution in [2.75, 3.05) is 13.7 Å². The fourth-order valence-corrected chi connectivity index (χ4v) is 3.62. The molecule has 2 aromatic carbocycles. The van der Waals surface area contributed by atoms with Crippen molar-refractivity contribution >= 4 is 17.7 Å². The molecule has 0 unspecified atom stereocenters. The van der Waals surface area contributed by atoms with Crippen LogP contribution in [0.25, 0.3) is 0 Å². The van der Waals surface area contributed by atoms with E-state index in [2.05, 4.69) is 11.4 Å². The van der Waals surface area contributed by atoms with Crippen molar-refractivity contribution in [1.29, 1.82) is 0 Å². The Hall–Kier alpha value is -3.35. The minimum atomic E-state index is -0.952. The summed E-state index contributed by atoms with van der Waals surface area (Å²) in [5.41, 5.74) is 2.83. The van der Waals surface area contributed by atoms with Crippen LogP contribution in [-0.4, -0.2) is 37.5 Å². The molecule has 0 saturated carbocycles. The molecule has 164 valence electrons. The maximum absolute atomic E-state index is 12.6. The van der Waals surface area contributed by atoms with Gasteiger partial charge in [0, 0.05) is 5.56 Å². The Morgan fingerprint density at radius 2 is 1.90 bits per heavy atom. The van der Waals surface area contributed by atoms with E-state index in [-0.39, 0.29) is 24.3 Å². The van der Waals surface area contributed by atoms with Crippen LogP contribution >= 0.6 is 0 Å². The van der Waals surface area contributed by atoms with Crippen LogP contribution in [0.1, 0.15) is 54.2 Å². The Morgan fingerprint density at radius 1 is 1.13 bits per heavy atom. The average Bonchev–Trinajstić information content (AvgIpc) is 2.77. The summed E-state index contributed by atoms with van der Waals surface area (Å²) < 4.78 is 15.9. The number of ketones is 1. The molecule has 0 aliphatic heterocycles. The van der Waals surface area contributed by atoms with Crippen molar-refractivity contribution in [2.45, 2.75) is 45.3 Å². The van der Waals surface area contributed by atoms with E-state index in [1.54, 1.807) is 18.2 Å². The number of aryl methyl sites for hydroxylation is 1. The summed E-state index contributed by atoms with van der Waals surface area (Å²) in [7, 11) is 1.44. The largest absolute Gasteiger partial charge is 0.493 e. The molecule has 2 aromatic rings. The second-order valence-corrected chi connectivity index (χ2v) is 7.49. The second kappa shape index (κ2) is 10.1. The zero-order valence-electron chi connectivity index (χ0n) is 18.0. The van der Waals surface area contributed by atoms with Gasteiger partial charge in [-0.05, 0) is 62.4 Å². The van der Waals surface area contributed by atoms with Crippen LogP contribution in [0.3, 0.4) is 0 Å². The smallest absolute Gasteiger partial charge is 0.344 e. The fourth-order valence-electron chi connectivity index (χ4n) is 3.62. The number of Topliss-reactive ketones (excluding diaryl/α,β-unsaturated/α-hetero) is 1. The molecule has 1 amide bonds. The van der Waals surface area contributed by atoms with Crippen LogP contribution in [0.4, 0.5) is 0 Å². The maximum atomic E-state index is 12.6. The summed E-state index contributed by atoms with van der Waals surface area (Å²) in [6.07, 6.45) is 1.89. The summed E-state index contributed by atoms with van der Waals surface area (Å²) in [4.78, 5) is 36.2. The van der Waals surface area contributed by atoms with Gasteiger partial charge in [0.15, 0.2) is 30.0 Å². The Morgan fingerprint density at radius 3 is 2.65 bits per heavy atom. The van der Waals surface area contributed by atoms with E-state index in [1.165, 1.54) is 26.5 Å². The van der Waals surface area contributed by atoms with Gasteiger partial charge in [0.25, 0.3) is 5.91 Å². The van der Waals surface area contributed by atoms with Gasteiger partial charge in [0.2, 0.25) is 0 Å². The summed E-state index contributed by atoms with van der Waals surface area (Å²) in [5.74, 6) is -0.491. The van der Waals surface area contributed by atoms with Gasteiger partial charge in [0.1, 0.15) is 0 Å². The SMILES string of the molecule is COc1cc(C(C)=O)ccc1OCC(=O)O[C@H](C)C(=O)N[C@H]1CCCc2ccccc21. The zero-order valence-corrected chi connectivity index (χ0v) is 18.0. The molecule has 2 atom stereocenters. The summed E-state index contributed by atoms with van der Waals surface area (Å²) in [6.45, 7) is 2.59. The van der Waals surface area contributed by atoms with E-state index in [9.17, 15) is 14.4 Å². The van der Waals surface area contributed by atoms with Crippen molar-refractivity contribution < 1.29 is 28.6 Å². The van der Waals surface area contributed by atoms with Gasteiger partial charge >= 0.3 is 5.97 Å². The highest BCUT2D eigenvalue weighted by atomic mass is 16.6. The molecule has 0 aromatic heterocycles.